The second kappa shape index (κ2) is 8.53. The summed E-state index contributed by atoms with van der Waals surface area (Å²) in [6.45, 7) is 13.4. The monoisotopic (exact) mass is 446 g/mol. The fraction of sp³-hybridized carbons (Fsp3) is 0.233. The van der Waals surface area contributed by atoms with Crippen LogP contribution in [0, 0.1) is 41.5 Å². The summed E-state index contributed by atoms with van der Waals surface area (Å²) in [4.78, 5) is 14.8. The van der Waals surface area contributed by atoms with Gasteiger partial charge in [0.25, 0.3) is 0 Å². The summed E-state index contributed by atoms with van der Waals surface area (Å²) in [5.41, 5.74) is 14.9. The lowest BCUT2D eigenvalue weighted by Crippen LogP contribution is -2.10. The highest BCUT2D eigenvalue weighted by atomic mass is 15.1. The topological polar surface area (TPSA) is 50.2 Å². The Hall–Kier alpha value is -3.79. The average molecular weight is 447 g/mol. The molecule has 1 N–H and O–H groups in total. The number of fused-ring (bicyclic) bond motifs is 3. The molecule has 34 heavy (non-hydrogen) atoms. The first-order chi connectivity index (χ1) is 16.3. The standard InChI is InChI=1S/C30H30N4/c1-17-10-18(2)12-24(11-17)33-30-32-16-23-15-31-29(27-19(3)8-7-9-20(27)4)26-14-22(6)21(5)13-25(26)28(23)34-30/h7-14,16H,15H2,1-6H3,(H,32,33,34). The van der Waals surface area contributed by atoms with Crippen LogP contribution in [0.4, 0.5) is 11.6 Å². The van der Waals surface area contributed by atoms with Crippen LogP contribution in [0.1, 0.15) is 50.1 Å². The summed E-state index contributed by atoms with van der Waals surface area (Å²) in [5.74, 6) is 0.600. The summed E-state index contributed by atoms with van der Waals surface area (Å²) in [5, 5.41) is 3.41. The second-order valence-corrected chi connectivity index (χ2v) is 9.48. The van der Waals surface area contributed by atoms with Crippen LogP contribution in [0.3, 0.4) is 0 Å². The van der Waals surface area contributed by atoms with Gasteiger partial charge in [0, 0.05) is 34.1 Å². The lowest BCUT2D eigenvalue weighted by Gasteiger charge is -2.17. The molecule has 1 aliphatic rings. The van der Waals surface area contributed by atoms with Gasteiger partial charge in [-0.3, -0.25) is 4.99 Å². The molecule has 0 atom stereocenters. The molecule has 0 fully saturated rings. The number of hydrogen-bond acceptors (Lipinski definition) is 4. The van der Waals surface area contributed by atoms with Crippen LogP contribution in [0.15, 0.2) is 59.7 Å². The maximum Gasteiger partial charge on any atom is 0.227 e. The van der Waals surface area contributed by atoms with Crippen LogP contribution in [0.5, 0.6) is 0 Å². The molecule has 0 amide bonds. The van der Waals surface area contributed by atoms with Crippen molar-refractivity contribution in [1.82, 2.24) is 9.97 Å². The Labute approximate surface area is 201 Å². The van der Waals surface area contributed by atoms with E-state index >= 15 is 0 Å². The van der Waals surface area contributed by atoms with E-state index in [1.807, 2.05) is 6.20 Å². The third-order valence-corrected chi connectivity index (χ3v) is 6.61. The van der Waals surface area contributed by atoms with Crippen LogP contribution in [0.2, 0.25) is 0 Å². The van der Waals surface area contributed by atoms with E-state index in [-0.39, 0.29) is 0 Å². The van der Waals surface area contributed by atoms with Crippen LogP contribution in [-0.4, -0.2) is 15.7 Å². The number of rotatable bonds is 3. The second-order valence-electron chi connectivity index (χ2n) is 9.48. The third kappa shape index (κ3) is 4.01. The Balaban J connectivity index is 1.67. The van der Waals surface area contributed by atoms with Crippen molar-refractivity contribution in [2.75, 3.05) is 5.32 Å². The van der Waals surface area contributed by atoms with E-state index < -0.39 is 0 Å². The molecule has 0 radical (unpaired) electrons. The van der Waals surface area contributed by atoms with E-state index in [0.717, 1.165) is 33.8 Å². The van der Waals surface area contributed by atoms with Crippen LogP contribution in [-0.2, 0) is 6.54 Å². The molecule has 0 unspecified atom stereocenters. The van der Waals surface area contributed by atoms with Crippen LogP contribution < -0.4 is 5.32 Å². The molecule has 0 bridgehead atoms. The van der Waals surface area contributed by atoms with E-state index in [4.69, 9.17) is 9.98 Å². The molecule has 0 aliphatic carbocycles. The molecule has 4 nitrogen and oxygen atoms in total. The number of aryl methyl sites for hydroxylation is 6. The van der Waals surface area contributed by atoms with Crippen molar-refractivity contribution in [3.63, 3.8) is 0 Å². The summed E-state index contributed by atoms with van der Waals surface area (Å²) >= 11 is 0. The lowest BCUT2D eigenvalue weighted by molar-refractivity contribution is 1.02. The quantitative estimate of drug-likeness (QED) is 0.365. The Bertz CT molecular complexity index is 1420. The van der Waals surface area contributed by atoms with Gasteiger partial charge in [0.2, 0.25) is 5.95 Å². The SMILES string of the molecule is Cc1cc(C)cc(Nc2ncc3c(n2)-c2cc(C)c(C)cc2C(c2c(C)cccc2C)=NC3)c1. The Morgan fingerprint density at radius 2 is 1.38 bits per heavy atom. The van der Waals surface area contributed by atoms with Gasteiger partial charge in [0.15, 0.2) is 0 Å². The Kier molecular flexibility index (Phi) is 5.52. The molecule has 2 heterocycles. The number of aliphatic imine (C=N–C) groups is 1. The van der Waals surface area contributed by atoms with E-state index in [1.165, 1.54) is 38.9 Å². The van der Waals surface area contributed by atoms with Gasteiger partial charge in [0.1, 0.15) is 0 Å². The normalized spacial score (nSPS) is 12.5. The highest BCUT2D eigenvalue weighted by Gasteiger charge is 2.23. The predicted octanol–water partition coefficient (Wildman–Crippen LogP) is 7.09. The molecule has 1 aliphatic heterocycles. The van der Waals surface area contributed by atoms with Crippen molar-refractivity contribution in [2.24, 2.45) is 4.99 Å². The summed E-state index contributed by atoms with van der Waals surface area (Å²) in [7, 11) is 0. The molecule has 1 aromatic heterocycles. The van der Waals surface area contributed by atoms with E-state index in [0.29, 0.717) is 12.5 Å². The highest BCUT2D eigenvalue weighted by molar-refractivity contribution is 6.18. The van der Waals surface area contributed by atoms with Gasteiger partial charge < -0.3 is 5.32 Å². The summed E-state index contributed by atoms with van der Waals surface area (Å²) in [6.07, 6.45) is 1.92. The first kappa shape index (κ1) is 22.0. The third-order valence-electron chi connectivity index (χ3n) is 6.61. The zero-order valence-electron chi connectivity index (χ0n) is 20.7. The fourth-order valence-electron chi connectivity index (χ4n) is 4.85. The minimum atomic E-state index is 0.551. The average Bonchev–Trinajstić information content (AvgIpc) is 2.91. The highest BCUT2D eigenvalue weighted by Crippen LogP contribution is 2.35. The molecule has 4 aromatic rings. The number of aromatic nitrogens is 2. The predicted molar refractivity (Wildman–Crippen MR) is 141 cm³/mol. The van der Waals surface area contributed by atoms with Gasteiger partial charge in [-0.15, -0.1) is 0 Å². The molecule has 3 aromatic carbocycles. The largest absolute Gasteiger partial charge is 0.324 e. The molecular formula is C30H30N4. The molecule has 5 rings (SSSR count). The molecular weight excluding hydrogens is 416 g/mol. The zero-order chi connectivity index (χ0) is 24.0. The van der Waals surface area contributed by atoms with E-state index in [9.17, 15) is 0 Å². The molecule has 0 saturated heterocycles. The molecule has 170 valence electrons. The number of nitrogens with zero attached hydrogens (tertiary/aromatic N) is 3. The lowest BCUT2D eigenvalue weighted by atomic mass is 9.88. The van der Waals surface area contributed by atoms with E-state index in [1.54, 1.807) is 0 Å². The summed E-state index contributed by atoms with van der Waals surface area (Å²) in [6, 6.07) is 17.4. The molecule has 0 saturated carbocycles. The van der Waals surface area contributed by atoms with Gasteiger partial charge in [-0.1, -0.05) is 24.3 Å². The first-order valence-electron chi connectivity index (χ1n) is 11.7. The van der Waals surface area contributed by atoms with Gasteiger partial charge >= 0.3 is 0 Å². The van der Waals surface area contributed by atoms with Crippen LogP contribution >= 0.6 is 0 Å². The number of benzene rings is 3. The number of nitrogens with one attached hydrogen (secondary N) is 1. The Morgan fingerprint density at radius 3 is 2.06 bits per heavy atom. The van der Waals surface area contributed by atoms with Gasteiger partial charge in [-0.2, -0.15) is 0 Å². The van der Waals surface area contributed by atoms with Crippen molar-refractivity contribution >= 4 is 17.3 Å². The number of hydrogen-bond donors (Lipinski definition) is 1. The molecule has 4 heteroatoms. The van der Waals surface area contributed by atoms with Gasteiger partial charge in [-0.05, 0) is 99.2 Å². The molecule has 0 spiro atoms. The fourth-order valence-corrected chi connectivity index (χ4v) is 4.85. The zero-order valence-corrected chi connectivity index (χ0v) is 20.7. The van der Waals surface area contributed by atoms with Crippen LogP contribution in [0.25, 0.3) is 11.3 Å². The number of anilines is 2. The van der Waals surface area contributed by atoms with Crippen molar-refractivity contribution in [3.05, 3.63) is 105 Å². The Morgan fingerprint density at radius 1 is 0.735 bits per heavy atom. The van der Waals surface area contributed by atoms with Crippen molar-refractivity contribution in [1.29, 1.82) is 0 Å². The minimum absolute atomic E-state index is 0.551. The first-order valence-corrected chi connectivity index (χ1v) is 11.7. The summed E-state index contributed by atoms with van der Waals surface area (Å²) < 4.78 is 0. The van der Waals surface area contributed by atoms with Crippen molar-refractivity contribution < 1.29 is 0 Å². The van der Waals surface area contributed by atoms with Gasteiger partial charge in [0.05, 0.1) is 18.0 Å². The maximum absolute atomic E-state index is 5.12. The van der Waals surface area contributed by atoms with E-state index in [2.05, 4.69) is 100 Å². The van der Waals surface area contributed by atoms with Crippen molar-refractivity contribution in [2.45, 2.75) is 48.1 Å². The van der Waals surface area contributed by atoms with Gasteiger partial charge in [-0.25, -0.2) is 9.97 Å². The van der Waals surface area contributed by atoms with Crippen molar-refractivity contribution in [3.8, 4) is 11.3 Å². The maximum atomic E-state index is 5.12. The smallest absolute Gasteiger partial charge is 0.227 e. The minimum Gasteiger partial charge on any atom is -0.324 e.